The lowest BCUT2D eigenvalue weighted by Gasteiger charge is -2.41. The molecule has 5 rings (SSSR count). The predicted octanol–water partition coefficient (Wildman–Crippen LogP) is 5.90. The molecule has 0 saturated heterocycles. The van der Waals surface area contributed by atoms with Gasteiger partial charge in [0.05, 0.1) is 18.6 Å². The highest BCUT2D eigenvalue weighted by molar-refractivity contribution is 7.10. The number of hydrogen-bond acceptors (Lipinski definition) is 4. The molecule has 0 radical (unpaired) electrons. The molecule has 0 aliphatic carbocycles. The third-order valence-electron chi connectivity index (χ3n) is 6.54. The normalized spacial score (nSPS) is 17.0. The van der Waals surface area contributed by atoms with Crippen molar-refractivity contribution < 1.29 is 14.3 Å². The van der Waals surface area contributed by atoms with Crippen LogP contribution in [0.15, 0.2) is 96.4 Å². The lowest BCUT2D eigenvalue weighted by Crippen LogP contribution is -2.47. The molecular weight excluding hydrogens is 468 g/mol. The fourth-order valence-corrected chi connectivity index (χ4v) is 5.77. The third kappa shape index (κ3) is 4.96. The Morgan fingerprint density at radius 3 is 2.50 bits per heavy atom. The first-order valence-corrected chi connectivity index (χ1v) is 12.9. The zero-order valence-corrected chi connectivity index (χ0v) is 20.9. The van der Waals surface area contributed by atoms with Crippen molar-refractivity contribution in [2.45, 2.75) is 18.4 Å². The number of fused-ring (bicyclic) bond motifs is 1. The van der Waals surface area contributed by atoms with Crippen molar-refractivity contribution >= 4 is 28.8 Å². The first-order valence-electron chi connectivity index (χ1n) is 12.0. The Morgan fingerprint density at radius 1 is 0.944 bits per heavy atom. The zero-order valence-electron chi connectivity index (χ0n) is 20.1. The molecule has 5 nitrogen and oxygen atoms in total. The number of benzene rings is 3. The van der Waals surface area contributed by atoms with Crippen molar-refractivity contribution in [3.63, 3.8) is 0 Å². The topological polar surface area (TPSA) is 58.6 Å². The first-order chi connectivity index (χ1) is 17.7. The van der Waals surface area contributed by atoms with Gasteiger partial charge < -0.3 is 15.0 Å². The maximum Gasteiger partial charge on any atom is 0.254 e. The average Bonchev–Trinajstić information content (AvgIpc) is 3.43. The number of thiophene rings is 1. The van der Waals surface area contributed by atoms with E-state index in [9.17, 15) is 9.59 Å². The van der Waals surface area contributed by atoms with Gasteiger partial charge in [0.1, 0.15) is 0 Å². The summed E-state index contributed by atoms with van der Waals surface area (Å²) in [7, 11) is 1.62. The van der Waals surface area contributed by atoms with Crippen LogP contribution < -0.4 is 5.32 Å². The van der Waals surface area contributed by atoms with Crippen molar-refractivity contribution in [1.82, 2.24) is 4.90 Å². The van der Waals surface area contributed by atoms with Crippen LogP contribution in [-0.2, 0) is 16.0 Å². The van der Waals surface area contributed by atoms with E-state index in [1.807, 2.05) is 78.2 Å². The summed E-state index contributed by atoms with van der Waals surface area (Å²) in [6.07, 6.45) is 0.786. The van der Waals surface area contributed by atoms with Crippen molar-refractivity contribution in [3.05, 3.63) is 124 Å². The van der Waals surface area contributed by atoms with Gasteiger partial charge in [0, 0.05) is 29.8 Å². The molecule has 2 heterocycles. The maximum absolute atomic E-state index is 14.0. The van der Waals surface area contributed by atoms with Gasteiger partial charge in [0.25, 0.3) is 5.91 Å². The number of amides is 2. The molecule has 0 spiro atoms. The van der Waals surface area contributed by atoms with E-state index in [4.69, 9.17) is 4.74 Å². The van der Waals surface area contributed by atoms with Crippen LogP contribution in [0.5, 0.6) is 0 Å². The van der Waals surface area contributed by atoms with Gasteiger partial charge in [-0.25, -0.2) is 0 Å². The Balaban J connectivity index is 1.49. The Kier molecular flexibility index (Phi) is 7.26. The van der Waals surface area contributed by atoms with Gasteiger partial charge in [-0.3, -0.25) is 9.59 Å². The molecule has 4 aromatic rings. The van der Waals surface area contributed by atoms with Crippen LogP contribution in [0.25, 0.3) is 0 Å². The van der Waals surface area contributed by atoms with Crippen LogP contribution in [-0.4, -0.2) is 37.0 Å². The summed E-state index contributed by atoms with van der Waals surface area (Å²) in [6, 6.07) is 29.2. The van der Waals surface area contributed by atoms with Gasteiger partial charge in [-0.1, -0.05) is 66.7 Å². The van der Waals surface area contributed by atoms with Crippen LogP contribution in [0.4, 0.5) is 5.69 Å². The highest BCUT2D eigenvalue weighted by Gasteiger charge is 2.44. The molecule has 0 bridgehead atoms. The average molecular weight is 497 g/mol. The number of hydrogen-bond donors (Lipinski definition) is 1. The minimum Gasteiger partial charge on any atom is -0.383 e. The zero-order chi connectivity index (χ0) is 24.9. The number of methoxy groups -OCH3 is 1. The van der Waals surface area contributed by atoms with E-state index in [1.165, 1.54) is 5.56 Å². The first kappa shape index (κ1) is 24.0. The summed E-state index contributed by atoms with van der Waals surface area (Å²) in [5.74, 6) is -0.755. The van der Waals surface area contributed by atoms with Crippen molar-refractivity contribution in [3.8, 4) is 0 Å². The SMILES string of the molecule is COCCN1C(=O)c2ccccc2C(C(=O)Nc2cccc(Cc3ccccc3)c2)C1c1cccs1. The molecule has 6 heteroatoms. The Bertz CT molecular complexity index is 1340. The van der Waals surface area contributed by atoms with Gasteiger partial charge in [0.15, 0.2) is 0 Å². The summed E-state index contributed by atoms with van der Waals surface area (Å²) >= 11 is 1.56. The summed E-state index contributed by atoms with van der Waals surface area (Å²) in [4.78, 5) is 30.2. The number of ether oxygens (including phenoxy) is 1. The highest BCUT2D eigenvalue weighted by Crippen LogP contribution is 2.44. The lowest BCUT2D eigenvalue weighted by molar-refractivity contribution is -0.119. The monoisotopic (exact) mass is 496 g/mol. The standard InChI is InChI=1S/C30H28N2O3S/c1-35-17-16-32-28(26-15-8-18-36-26)27(24-13-5-6-14-25(24)30(32)34)29(33)31-23-12-7-11-22(20-23)19-21-9-3-2-4-10-21/h2-15,18,20,27-28H,16-17,19H2,1H3,(H,31,33). The lowest BCUT2D eigenvalue weighted by atomic mass is 9.81. The molecule has 2 atom stereocenters. The van der Waals surface area contributed by atoms with Crippen molar-refractivity contribution in [2.75, 3.05) is 25.6 Å². The number of nitrogens with one attached hydrogen (secondary N) is 1. The quantitative estimate of drug-likeness (QED) is 0.330. The van der Waals surface area contributed by atoms with Crippen LogP contribution in [0.3, 0.4) is 0 Å². The Hall–Kier alpha value is -3.74. The summed E-state index contributed by atoms with van der Waals surface area (Å²) < 4.78 is 5.31. The molecule has 1 aromatic heterocycles. The number of anilines is 1. The number of carbonyl (C=O) groups is 2. The molecule has 1 aliphatic rings. The van der Waals surface area contributed by atoms with Gasteiger partial charge in [0.2, 0.25) is 5.91 Å². The molecule has 3 aromatic carbocycles. The minimum atomic E-state index is -0.549. The summed E-state index contributed by atoms with van der Waals surface area (Å²) in [6.45, 7) is 0.800. The largest absolute Gasteiger partial charge is 0.383 e. The molecule has 2 amide bonds. The van der Waals surface area contributed by atoms with E-state index in [-0.39, 0.29) is 11.8 Å². The van der Waals surface area contributed by atoms with E-state index in [0.29, 0.717) is 18.7 Å². The van der Waals surface area contributed by atoms with Gasteiger partial charge in [-0.15, -0.1) is 11.3 Å². The van der Waals surface area contributed by atoms with E-state index in [0.717, 1.165) is 28.1 Å². The maximum atomic E-state index is 14.0. The molecule has 0 saturated carbocycles. The molecule has 2 unspecified atom stereocenters. The molecule has 0 fully saturated rings. The Morgan fingerprint density at radius 2 is 1.72 bits per heavy atom. The van der Waals surface area contributed by atoms with Gasteiger partial charge in [-0.05, 0) is 52.8 Å². The van der Waals surface area contributed by atoms with Gasteiger partial charge >= 0.3 is 0 Å². The van der Waals surface area contributed by atoms with E-state index in [2.05, 4.69) is 23.5 Å². The van der Waals surface area contributed by atoms with Gasteiger partial charge in [-0.2, -0.15) is 0 Å². The van der Waals surface area contributed by atoms with E-state index >= 15 is 0 Å². The minimum absolute atomic E-state index is 0.0741. The molecule has 1 aliphatic heterocycles. The Labute approximate surface area is 215 Å². The number of carbonyl (C=O) groups excluding carboxylic acids is 2. The third-order valence-corrected chi connectivity index (χ3v) is 7.48. The molecule has 1 N–H and O–H groups in total. The molecular formula is C30H28N2O3S. The van der Waals surface area contributed by atoms with E-state index < -0.39 is 12.0 Å². The van der Waals surface area contributed by atoms with Crippen LogP contribution in [0, 0.1) is 0 Å². The summed E-state index contributed by atoms with van der Waals surface area (Å²) in [5.41, 5.74) is 4.41. The number of nitrogens with zero attached hydrogens (tertiary/aromatic N) is 1. The fraction of sp³-hybridized carbons (Fsp3) is 0.200. The second-order valence-corrected chi connectivity index (χ2v) is 9.85. The highest BCUT2D eigenvalue weighted by atomic mass is 32.1. The molecule has 182 valence electrons. The molecule has 36 heavy (non-hydrogen) atoms. The van der Waals surface area contributed by atoms with Crippen molar-refractivity contribution in [2.24, 2.45) is 0 Å². The smallest absolute Gasteiger partial charge is 0.254 e. The second-order valence-electron chi connectivity index (χ2n) is 8.87. The fourth-order valence-electron chi connectivity index (χ4n) is 4.90. The number of rotatable bonds is 8. The van der Waals surface area contributed by atoms with Crippen LogP contribution in [0.1, 0.15) is 43.9 Å². The van der Waals surface area contributed by atoms with Crippen LogP contribution >= 0.6 is 11.3 Å². The van der Waals surface area contributed by atoms with Crippen molar-refractivity contribution in [1.29, 1.82) is 0 Å². The van der Waals surface area contributed by atoms with Crippen LogP contribution in [0.2, 0.25) is 0 Å². The summed E-state index contributed by atoms with van der Waals surface area (Å²) in [5, 5.41) is 5.14. The van der Waals surface area contributed by atoms with E-state index in [1.54, 1.807) is 23.3 Å². The second kappa shape index (κ2) is 10.9. The predicted molar refractivity (Wildman–Crippen MR) is 143 cm³/mol.